The lowest BCUT2D eigenvalue weighted by molar-refractivity contribution is 0.341. The van der Waals surface area contributed by atoms with Crippen LogP contribution in [0.4, 0.5) is 0 Å². The van der Waals surface area contributed by atoms with Gasteiger partial charge in [0.15, 0.2) is 11.5 Å². The average molecular weight is 312 g/mol. The Morgan fingerprint density at radius 3 is 1.91 bits per heavy atom. The van der Waals surface area contributed by atoms with E-state index in [0.29, 0.717) is 5.75 Å². The van der Waals surface area contributed by atoms with Crippen molar-refractivity contribution in [2.45, 2.75) is 51.4 Å². The average Bonchev–Trinajstić information content (AvgIpc) is 2.55. The molecule has 0 spiro atoms. The normalized spacial score (nSPS) is 17.1. The fourth-order valence-electron chi connectivity index (χ4n) is 3.95. The molecule has 1 saturated carbocycles. The quantitative estimate of drug-likeness (QED) is 0.706. The van der Waals surface area contributed by atoms with Crippen LogP contribution in [0.5, 0.6) is 17.2 Å². The summed E-state index contributed by atoms with van der Waals surface area (Å²) in [6.45, 7) is 3.85. The summed E-state index contributed by atoms with van der Waals surface area (Å²) in [5.41, 5.74) is 3.83. The van der Waals surface area contributed by atoms with E-state index in [4.69, 9.17) is 0 Å². The first-order valence-corrected chi connectivity index (χ1v) is 8.27. The first-order valence-electron chi connectivity index (χ1n) is 8.27. The van der Waals surface area contributed by atoms with Crippen molar-refractivity contribution in [3.05, 3.63) is 52.6 Å². The second-order valence-corrected chi connectivity index (χ2v) is 6.80. The second kappa shape index (κ2) is 5.80. The van der Waals surface area contributed by atoms with E-state index in [-0.39, 0.29) is 16.9 Å². The highest BCUT2D eigenvalue weighted by Crippen LogP contribution is 2.47. The summed E-state index contributed by atoms with van der Waals surface area (Å²) < 4.78 is 0. The highest BCUT2D eigenvalue weighted by molar-refractivity contribution is 5.51. The van der Waals surface area contributed by atoms with Crippen molar-refractivity contribution in [2.75, 3.05) is 0 Å². The predicted molar refractivity (Wildman–Crippen MR) is 91.2 cm³/mol. The maximum atomic E-state index is 10.1. The lowest BCUT2D eigenvalue weighted by Crippen LogP contribution is -2.30. The first kappa shape index (κ1) is 15.7. The molecule has 0 heterocycles. The molecule has 122 valence electrons. The Labute approximate surface area is 137 Å². The van der Waals surface area contributed by atoms with Gasteiger partial charge >= 0.3 is 0 Å². The van der Waals surface area contributed by atoms with Crippen LogP contribution in [0.25, 0.3) is 0 Å². The predicted octanol–water partition coefficient (Wildman–Crippen LogP) is 4.67. The molecule has 2 aromatic rings. The zero-order valence-electron chi connectivity index (χ0n) is 13.8. The molecule has 1 fully saturated rings. The Bertz CT molecular complexity index is 705. The molecule has 2 aromatic carbocycles. The van der Waals surface area contributed by atoms with Gasteiger partial charge in [0.05, 0.1) is 0 Å². The van der Waals surface area contributed by atoms with Crippen molar-refractivity contribution in [2.24, 2.45) is 0 Å². The summed E-state index contributed by atoms with van der Waals surface area (Å²) in [5, 5.41) is 29.7. The molecule has 23 heavy (non-hydrogen) atoms. The number of rotatable bonds is 2. The van der Waals surface area contributed by atoms with Crippen LogP contribution in [-0.4, -0.2) is 15.3 Å². The van der Waals surface area contributed by atoms with Crippen molar-refractivity contribution in [1.82, 2.24) is 0 Å². The third kappa shape index (κ3) is 2.65. The second-order valence-electron chi connectivity index (χ2n) is 6.80. The van der Waals surface area contributed by atoms with E-state index in [1.165, 1.54) is 12.0 Å². The van der Waals surface area contributed by atoms with Crippen molar-refractivity contribution < 1.29 is 15.3 Å². The molecule has 1 aliphatic carbocycles. The van der Waals surface area contributed by atoms with E-state index in [0.717, 1.165) is 42.4 Å². The van der Waals surface area contributed by atoms with Gasteiger partial charge in [0.25, 0.3) is 0 Å². The molecule has 3 rings (SSSR count). The summed E-state index contributed by atoms with van der Waals surface area (Å²) in [5.74, 6) is 0.200. The molecule has 0 unspecified atom stereocenters. The summed E-state index contributed by atoms with van der Waals surface area (Å²) in [6, 6.07) is 9.31. The van der Waals surface area contributed by atoms with E-state index in [9.17, 15) is 15.3 Å². The molecule has 0 aromatic heterocycles. The van der Waals surface area contributed by atoms with E-state index in [1.54, 1.807) is 12.1 Å². The number of hydrogen-bond acceptors (Lipinski definition) is 3. The van der Waals surface area contributed by atoms with Gasteiger partial charge in [-0.05, 0) is 61.1 Å². The van der Waals surface area contributed by atoms with Gasteiger partial charge in [0, 0.05) is 5.41 Å². The Morgan fingerprint density at radius 1 is 0.739 bits per heavy atom. The van der Waals surface area contributed by atoms with Crippen molar-refractivity contribution in [3.63, 3.8) is 0 Å². The largest absolute Gasteiger partial charge is 0.507 e. The molecule has 3 N–H and O–H groups in total. The molecular weight excluding hydrogens is 288 g/mol. The zero-order valence-corrected chi connectivity index (χ0v) is 13.8. The maximum absolute atomic E-state index is 10.1. The number of benzene rings is 2. The number of phenols is 3. The molecule has 1 aliphatic rings. The van der Waals surface area contributed by atoms with Gasteiger partial charge in [-0.2, -0.15) is 0 Å². The Morgan fingerprint density at radius 2 is 1.35 bits per heavy atom. The zero-order chi connectivity index (χ0) is 16.6. The van der Waals surface area contributed by atoms with E-state index in [2.05, 4.69) is 12.1 Å². The minimum absolute atomic E-state index is 0.0697. The van der Waals surface area contributed by atoms with Crippen LogP contribution in [0.2, 0.25) is 0 Å². The minimum Gasteiger partial charge on any atom is -0.507 e. The highest BCUT2D eigenvalue weighted by atomic mass is 16.3. The molecular formula is C20H24O3. The van der Waals surface area contributed by atoms with Crippen LogP contribution in [0.3, 0.4) is 0 Å². The van der Waals surface area contributed by atoms with Gasteiger partial charge in [0.1, 0.15) is 5.75 Å². The lowest BCUT2D eigenvalue weighted by atomic mass is 9.65. The Hall–Kier alpha value is -2.16. The third-order valence-electron chi connectivity index (χ3n) is 5.28. The van der Waals surface area contributed by atoms with Gasteiger partial charge in [-0.25, -0.2) is 0 Å². The molecule has 0 bridgehead atoms. The van der Waals surface area contributed by atoms with Crippen LogP contribution in [0.15, 0.2) is 30.3 Å². The van der Waals surface area contributed by atoms with Gasteiger partial charge < -0.3 is 15.3 Å². The van der Waals surface area contributed by atoms with Crippen molar-refractivity contribution >= 4 is 0 Å². The highest BCUT2D eigenvalue weighted by Gasteiger charge is 2.36. The third-order valence-corrected chi connectivity index (χ3v) is 5.28. The molecule has 0 atom stereocenters. The van der Waals surface area contributed by atoms with E-state index in [1.807, 2.05) is 19.9 Å². The van der Waals surface area contributed by atoms with Gasteiger partial charge in [0.2, 0.25) is 0 Å². The summed E-state index contributed by atoms with van der Waals surface area (Å²) >= 11 is 0. The topological polar surface area (TPSA) is 60.7 Å². The monoisotopic (exact) mass is 312 g/mol. The van der Waals surface area contributed by atoms with Crippen molar-refractivity contribution in [3.8, 4) is 17.2 Å². The fourth-order valence-corrected chi connectivity index (χ4v) is 3.95. The molecule has 3 heteroatoms. The SMILES string of the molecule is Cc1cc(C2(c3ccc(O)c(O)c3)CCCCC2)cc(C)c1O. The van der Waals surface area contributed by atoms with Crippen LogP contribution in [0, 0.1) is 13.8 Å². The minimum atomic E-state index is -0.160. The first-order chi connectivity index (χ1) is 10.9. The standard InChI is InChI=1S/C20H24O3/c1-13-10-16(11-14(2)19(13)23)20(8-4-3-5-9-20)15-6-7-17(21)18(22)12-15/h6-7,10-12,21-23H,3-5,8-9H2,1-2H3. The van der Waals surface area contributed by atoms with Crippen LogP contribution in [-0.2, 0) is 5.41 Å². The summed E-state index contributed by atoms with van der Waals surface area (Å²) in [4.78, 5) is 0. The number of aromatic hydroxyl groups is 3. The lowest BCUT2D eigenvalue weighted by Gasteiger charge is -2.39. The van der Waals surface area contributed by atoms with E-state index < -0.39 is 0 Å². The van der Waals surface area contributed by atoms with Crippen LogP contribution in [0.1, 0.15) is 54.4 Å². The molecule has 0 amide bonds. The van der Waals surface area contributed by atoms with Gasteiger partial charge in [-0.3, -0.25) is 0 Å². The maximum Gasteiger partial charge on any atom is 0.157 e. The molecule has 0 radical (unpaired) electrons. The van der Waals surface area contributed by atoms with E-state index >= 15 is 0 Å². The summed E-state index contributed by atoms with van der Waals surface area (Å²) in [7, 11) is 0. The van der Waals surface area contributed by atoms with Gasteiger partial charge in [-0.15, -0.1) is 0 Å². The van der Waals surface area contributed by atoms with Gasteiger partial charge in [-0.1, -0.05) is 37.5 Å². The smallest absolute Gasteiger partial charge is 0.157 e. The van der Waals surface area contributed by atoms with Crippen LogP contribution < -0.4 is 0 Å². The number of phenolic OH excluding ortho intramolecular Hbond substituents is 3. The Kier molecular flexibility index (Phi) is 3.97. The Balaban J connectivity index is 2.19. The van der Waals surface area contributed by atoms with Crippen molar-refractivity contribution in [1.29, 1.82) is 0 Å². The van der Waals surface area contributed by atoms with Crippen LogP contribution >= 0.6 is 0 Å². The molecule has 0 aliphatic heterocycles. The summed E-state index contributed by atoms with van der Waals surface area (Å²) in [6.07, 6.45) is 5.53. The number of aryl methyl sites for hydroxylation is 2. The number of hydrogen-bond donors (Lipinski definition) is 3. The molecule has 3 nitrogen and oxygen atoms in total. The molecule has 0 saturated heterocycles. The fraction of sp³-hybridized carbons (Fsp3) is 0.400.